The molecule has 0 N–H and O–H groups in total. The van der Waals surface area contributed by atoms with Crippen LogP contribution in [-0.4, -0.2) is 26.6 Å². The van der Waals surface area contributed by atoms with E-state index in [4.69, 9.17) is 4.74 Å². The molecule has 3 aliphatic rings. The van der Waals surface area contributed by atoms with Crippen molar-refractivity contribution >= 4 is 15.6 Å². The van der Waals surface area contributed by atoms with Crippen molar-refractivity contribution in [1.29, 1.82) is 0 Å². The molecule has 0 radical (unpaired) electrons. The zero-order chi connectivity index (χ0) is 25.9. The first-order valence-corrected chi connectivity index (χ1v) is 14.6. The molecule has 3 aromatic rings. The van der Waals surface area contributed by atoms with Gasteiger partial charge in [0.1, 0.15) is 11.5 Å². The Balaban J connectivity index is 1.61. The van der Waals surface area contributed by atoms with Crippen molar-refractivity contribution in [3.63, 3.8) is 0 Å². The molecule has 190 valence electrons. The van der Waals surface area contributed by atoms with E-state index in [-0.39, 0.29) is 41.3 Å². The Morgan fingerprint density at radius 3 is 1.68 bits per heavy atom. The van der Waals surface area contributed by atoms with Crippen molar-refractivity contribution in [2.45, 2.75) is 35.8 Å². The molecule has 8 atom stereocenters. The number of carbonyl (C=O) groups is 1. The lowest BCUT2D eigenvalue weighted by molar-refractivity contribution is -0.126. The molecule has 0 amide bonds. The van der Waals surface area contributed by atoms with E-state index in [1.54, 1.807) is 31.4 Å². The Morgan fingerprint density at radius 1 is 0.649 bits per heavy atom. The molecule has 2 bridgehead atoms. The maximum absolute atomic E-state index is 14.5. The summed E-state index contributed by atoms with van der Waals surface area (Å²) in [5.41, 5.74) is 2.93. The maximum Gasteiger partial charge on any atom is 0.185 e. The highest BCUT2D eigenvalue weighted by atomic mass is 32.2. The predicted molar refractivity (Wildman–Crippen MR) is 144 cm³/mol. The standard InChI is InChI=1S/C32H32O4S/c1-19-24(21-13-7-4-8-14-21)28-30(33)27(19)26-20(2)25(22-15-9-5-10-16-22)32(29(26)31(28)36-3)37(34,35)23-17-11-6-12-18-23/h4-20,24-28,32H,1-3H3/t19?,20-,24?,25+,26?,27?,28?,32?/m1/s1. The Labute approximate surface area is 219 Å². The molecule has 2 saturated carbocycles. The third-order valence-electron chi connectivity index (χ3n) is 9.20. The normalized spacial score (nSPS) is 32.9. The first-order chi connectivity index (χ1) is 17.9. The van der Waals surface area contributed by atoms with Gasteiger partial charge >= 0.3 is 0 Å². The van der Waals surface area contributed by atoms with Gasteiger partial charge in [0, 0.05) is 17.8 Å². The number of fused-ring (bicyclic) bond motifs is 4. The number of hydrogen-bond acceptors (Lipinski definition) is 4. The average molecular weight is 513 g/mol. The third-order valence-corrected chi connectivity index (χ3v) is 11.3. The summed E-state index contributed by atoms with van der Waals surface area (Å²) in [5, 5.41) is -0.785. The van der Waals surface area contributed by atoms with E-state index in [1.165, 1.54) is 0 Å². The topological polar surface area (TPSA) is 60.4 Å². The van der Waals surface area contributed by atoms with E-state index in [0.717, 1.165) is 16.7 Å². The monoisotopic (exact) mass is 512 g/mol. The lowest BCUT2D eigenvalue weighted by atomic mass is 9.72. The van der Waals surface area contributed by atoms with Gasteiger partial charge in [-0.05, 0) is 46.6 Å². The summed E-state index contributed by atoms with van der Waals surface area (Å²) in [7, 11) is -2.17. The number of ketones is 1. The fourth-order valence-corrected chi connectivity index (χ4v) is 10.1. The lowest BCUT2D eigenvalue weighted by Crippen LogP contribution is -2.36. The number of sulfone groups is 1. The minimum Gasteiger partial charge on any atom is -0.500 e. The van der Waals surface area contributed by atoms with Crippen molar-refractivity contribution in [3.8, 4) is 0 Å². The molecule has 5 heteroatoms. The van der Waals surface area contributed by atoms with Crippen LogP contribution in [0.3, 0.4) is 0 Å². The van der Waals surface area contributed by atoms with Gasteiger partial charge in [0.05, 0.1) is 23.2 Å². The van der Waals surface area contributed by atoms with Crippen LogP contribution in [0, 0.1) is 29.6 Å². The van der Waals surface area contributed by atoms with Gasteiger partial charge < -0.3 is 4.74 Å². The number of hydrogen-bond donors (Lipinski definition) is 0. The minimum atomic E-state index is -3.77. The van der Waals surface area contributed by atoms with Gasteiger partial charge in [-0.15, -0.1) is 0 Å². The third kappa shape index (κ3) is 3.47. The zero-order valence-electron chi connectivity index (χ0n) is 21.3. The van der Waals surface area contributed by atoms with Crippen molar-refractivity contribution in [2.24, 2.45) is 29.6 Å². The number of benzene rings is 3. The van der Waals surface area contributed by atoms with Crippen LogP contribution in [0.2, 0.25) is 0 Å². The van der Waals surface area contributed by atoms with E-state index in [0.29, 0.717) is 10.7 Å². The predicted octanol–water partition coefficient (Wildman–Crippen LogP) is 6.03. The van der Waals surface area contributed by atoms with E-state index in [1.807, 2.05) is 54.6 Å². The van der Waals surface area contributed by atoms with Gasteiger partial charge in [-0.25, -0.2) is 8.42 Å². The Kier molecular flexibility index (Phi) is 5.87. The molecule has 6 unspecified atom stereocenters. The molecule has 2 fully saturated rings. The molecular weight excluding hydrogens is 480 g/mol. The molecular formula is C32H32O4S. The summed E-state index contributed by atoms with van der Waals surface area (Å²) in [4.78, 5) is 14.4. The number of rotatable bonds is 5. The molecule has 0 aliphatic heterocycles. The summed E-state index contributed by atoms with van der Waals surface area (Å²) < 4.78 is 35.0. The second-order valence-electron chi connectivity index (χ2n) is 10.8. The second kappa shape index (κ2) is 8.98. The molecule has 3 aromatic carbocycles. The highest BCUT2D eigenvalue weighted by molar-refractivity contribution is 7.92. The van der Waals surface area contributed by atoms with Crippen molar-refractivity contribution in [2.75, 3.05) is 7.11 Å². The first kappa shape index (κ1) is 24.2. The van der Waals surface area contributed by atoms with Crippen molar-refractivity contribution in [1.82, 2.24) is 0 Å². The fourth-order valence-electron chi connectivity index (χ4n) is 7.82. The van der Waals surface area contributed by atoms with Gasteiger partial charge in [-0.2, -0.15) is 0 Å². The van der Waals surface area contributed by atoms with E-state index >= 15 is 0 Å². The average Bonchev–Trinajstić information content (AvgIpc) is 3.32. The molecule has 3 aliphatic carbocycles. The summed E-state index contributed by atoms with van der Waals surface area (Å²) >= 11 is 0. The SMILES string of the molecule is COC1=C2C(C3C(=O)C1C(c1ccccc1)C3C)[C@H](C)[C@@H](c1ccccc1)C2S(=O)(=O)c1ccccc1. The van der Waals surface area contributed by atoms with Gasteiger partial charge in [0.25, 0.3) is 0 Å². The Morgan fingerprint density at radius 2 is 1.14 bits per heavy atom. The van der Waals surface area contributed by atoms with Crippen molar-refractivity contribution < 1.29 is 17.9 Å². The zero-order valence-corrected chi connectivity index (χ0v) is 22.1. The first-order valence-electron chi connectivity index (χ1n) is 13.1. The van der Waals surface area contributed by atoms with Crippen LogP contribution in [0.15, 0.2) is 107 Å². The lowest BCUT2D eigenvalue weighted by Gasteiger charge is -2.32. The van der Waals surface area contributed by atoms with E-state index in [9.17, 15) is 13.2 Å². The summed E-state index contributed by atoms with van der Waals surface area (Å²) in [6.07, 6.45) is 0. The van der Waals surface area contributed by atoms with Gasteiger partial charge in [-0.3, -0.25) is 4.79 Å². The molecule has 0 saturated heterocycles. The minimum absolute atomic E-state index is 0.0331. The molecule has 4 nitrogen and oxygen atoms in total. The number of methoxy groups -OCH3 is 1. The smallest absolute Gasteiger partial charge is 0.185 e. The molecule has 0 heterocycles. The highest BCUT2D eigenvalue weighted by Gasteiger charge is 2.65. The van der Waals surface area contributed by atoms with Gasteiger partial charge in [0.2, 0.25) is 0 Å². The van der Waals surface area contributed by atoms with Crippen LogP contribution in [0.4, 0.5) is 0 Å². The van der Waals surface area contributed by atoms with Crippen LogP contribution >= 0.6 is 0 Å². The number of ether oxygens (including phenoxy) is 1. The summed E-state index contributed by atoms with van der Waals surface area (Å²) in [5.74, 6) is -0.378. The number of allylic oxidation sites excluding steroid dienone is 1. The van der Waals surface area contributed by atoms with Crippen LogP contribution in [0.1, 0.15) is 36.8 Å². The number of carbonyl (C=O) groups excluding carboxylic acids is 1. The second-order valence-corrected chi connectivity index (χ2v) is 12.9. The Bertz CT molecular complexity index is 1450. The number of Topliss-reactive ketones (excluding diaryl/α,β-unsaturated/α-hetero) is 1. The van der Waals surface area contributed by atoms with E-state index < -0.39 is 21.0 Å². The quantitative estimate of drug-likeness (QED) is 0.419. The van der Waals surface area contributed by atoms with Crippen LogP contribution < -0.4 is 0 Å². The summed E-state index contributed by atoms with van der Waals surface area (Å²) in [6.45, 7) is 4.30. The molecule has 37 heavy (non-hydrogen) atoms. The van der Waals surface area contributed by atoms with Crippen LogP contribution in [-0.2, 0) is 19.4 Å². The molecule has 0 aromatic heterocycles. The van der Waals surface area contributed by atoms with Crippen LogP contribution in [0.25, 0.3) is 0 Å². The highest BCUT2D eigenvalue weighted by Crippen LogP contribution is 2.65. The van der Waals surface area contributed by atoms with Gasteiger partial charge in [0.15, 0.2) is 9.84 Å². The Hall–Kier alpha value is -3.18. The van der Waals surface area contributed by atoms with Crippen LogP contribution in [0.5, 0.6) is 0 Å². The molecule has 6 rings (SSSR count). The van der Waals surface area contributed by atoms with Crippen molar-refractivity contribution in [3.05, 3.63) is 113 Å². The fraction of sp³-hybridized carbons (Fsp3) is 0.344. The van der Waals surface area contributed by atoms with Gasteiger partial charge in [-0.1, -0.05) is 92.7 Å². The maximum atomic E-state index is 14.5. The largest absolute Gasteiger partial charge is 0.500 e. The molecule has 0 spiro atoms. The van der Waals surface area contributed by atoms with E-state index in [2.05, 4.69) is 26.0 Å². The summed E-state index contributed by atoms with van der Waals surface area (Å²) in [6, 6.07) is 28.8.